The summed E-state index contributed by atoms with van der Waals surface area (Å²) in [5.74, 6) is 0.339. The average molecular weight is 230 g/mol. The van der Waals surface area contributed by atoms with Gasteiger partial charge in [0, 0.05) is 11.9 Å². The highest BCUT2D eigenvalue weighted by atomic mass is 16.6. The van der Waals surface area contributed by atoms with Gasteiger partial charge in [-0.3, -0.25) is 15.1 Å². The van der Waals surface area contributed by atoms with Crippen molar-refractivity contribution in [3.05, 3.63) is 46.4 Å². The van der Waals surface area contributed by atoms with Crippen molar-refractivity contribution < 1.29 is 4.92 Å². The maximum atomic E-state index is 10.9. The molecule has 2 N–H and O–H groups in total. The molecule has 0 spiro atoms. The Hall–Kier alpha value is -2.50. The molecule has 0 radical (unpaired) electrons. The topological polar surface area (TPSA) is 94.9 Å². The van der Waals surface area contributed by atoms with Crippen molar-refractivity contribution in [1.29, 1.82) is 0 Å². The predicted octanol–water partition coefficient (Wildman–Crippen LogP) is 1.94. The van der Waals surface area contributed by atoms with E-state index in [4.69, 9.17) is 5.73 Å². The Morgan fingerprint density at radius 1 is 1.41 bits per heavy atom. The van der Waals surface area contributed by atoms with Crippen molar-refractivity contribution in [3.8, 4) is 11.1 Å². The van der Waals surface area contributed by atoms with Crippen LogP contribution in [0.1, 0.15) is 5.69 Å². The van der Waals surface area contributed by atoms with Crippen LogP contribution in [0.4, 0.5) is 11.5 Å². The van der Waals surface area contributed by atoms with E-state index in [1.54, 1.807) is 25.1 Å². The number of anilines is 1. The lowest BCUT2D eigenvalue weighted by atomic mass is 10.1. The number of hydrogen-bond acceptors (Lipinski definition) is 5. The fourth-order valence-electron chi connectivity index (χ4n) is 1.63. The molecular formula is C11H10N4O2. The molecule has 2 rings (SSSR count). The van der Waals surface area contributed by atoms with E-state index in [1.807, 2.05) is 0 Å². The Morgan fingerprint density at radius 3 is 2.82 bits per heavy atom. The second-order valence-electron chi connectivity index (χ2n) is 3.57. The second kappa shape index (κ2) is 4.17. The smallest absolute Gasteiger partial charge is 0.295 e. The molecule has 86 valence electrons. The van der Waals surface area contributed by atoms with Crippen LogP contribution in [0.3, 0.4) is 0 Å². The minimum atomic E-state index is -0.464. The molecule has 6 nitrogen and oxygen atoms in total. The van der Waals surface area contributed by atoms with Crippen molar-refractivity contribution in [2.75, 3.05) is 5.73 Å². The number of nitrogens with zero attached hydrogens (tertiary/aromatic N) is 3. The fraction of sp³-hybridized carbons (Fsp3) is 0.0909. The molecule has 0 saturated carbocycles. The summed E-state index contributed by atoms with van der Waals surface area (Å²) in [7, 11) is 0. The van der Waals surface area contributed by atoms with Crippen LogP contribution in [-0.2, 0) is 0 Å². The highest BCUT2D eigenvalue weighted by Crippen LogP contribution is 2.29. The van der Waals surface area contributed by atoms with Crippen LogP contribution >= 0.6 is 0 Å². The van der Waals surface area contributed by atoms with Gasteiger partial charge in [-0.15, -0.1) is 0 Å². The number of nitrogen functional groups attached to an aromatic ring is 1. The van der Waals surface area contributed by atoms with Crippen LogP contribution in [0.2, 0.25) is 0 Å². The zero-order valence-electron chi connectivity index (χ0n) is 9.12. The van der Waals surface area contributed by atoms with Gasteiger partial charge in [-0.05, 0) is 30.7 Å². The molecule has 2 heterocycles. The first kappa shape index (κ1) is 11.0. The molecule has 0 atom stereocenters. The number of pyridine rings is 2. The summed E-state index contributed by atoms with van der Waals surface area (Å²) in [6.07, 6.45) is 2.73. The van der Waals surface area contributed by atoms with Crippen molar-refractivity contribution >= 4 is 11.5 Å². The molecule has 2 aromatic rings. The standard InChI is InChI=1S/C11H10N4O2/c1-7-4-8(5-11(12)14-7)9-2-3-13-6-10(9)15(16)17/h2-6H,1H3,(H2,12,14). The summed E-state index contributed by atoms with van der Waals surface area (Å²) in [5.41, 5.74) is 7.45. The average Bonchev–Trinajstić information content (AvgIpc) is 2.27. The predicted molar refractivity (Wildman–Crippen MR) is 63.3 cm³/mol. The summed E-state index contributed by atoms with van der Waals surface area (Å²) in [4.78, 5) is 18.2. The third-order valence-corrected chi connectivity index (χ3v) is 2.28. The van der Waals surface area contributed by atoms with Crippen molar-refractivity contribution in [3.63, 3.8) is 0 Å². The molecule has 6 heteroatoms. The molecule has 2 aromatic heterocycles. The van der Waals surface area contributed by atoms with E-state index < -0.39 is 4.92 Å². The zero-order chi connectivity index (χ0) is 12.4. The van der Waals surface area contributed by atoms with Gasteiger partial charge in [-0.1, -0.05) is 0 Å². The Balaban J connectivity index is 2.64. The van der Waals surface area contributed by atoms with Gasteiger partial charge in [0.25, 0.3) is 5.69 Å². The molecule has 0 aromatic carbocycles. The van der Waals surface area contributed by atoms with E-state index in [1.165, 1.54) is 12.4 Å². The van der Waals surface area contributed by atoms with Gasteiger partial charge >= 0.3 is 0 Å². The van der Waals surface area contributed by atoms with Crippen molar-refractivity contribution in [2.45, 2.75) is 6.92 Å². The van der Waals surface area contributed by atoms with Gasteiger partial charge in [-0.25, -0.2) is 4.98 Å². The Kier molecular flexibility index (Phi) is 2.70. The lowest BCUT2D eigenvalue weighted by molar-refractivity contribution is -0.384. The van der Waals surface area contributed by atoms with E-state index in [0.717, 1.165) is 0 Å². The first-order valence-electron chi connectivity index (χ1n) is 4.91. The summed E-state index contributed by atoms with van der Waals surface area (Å²) < 4.78 is 0. The highest BCUT2D eigenvalue weighted by molar-refractivity contribution is 5.74. The minimum Gasteiger partial charge on any atom is -0.384 e. The molecule has 0 aliphatic rings. The lowest BCUT2D eigenvalue weighted by Gasteiger charge is -2.04. The van der Waals surface area contributed by atoms with E-state index in [-0.39, 0.29) is 5.69 Å². The van der Waals surface area contributed by atoms with Crippen LogP contribution < -0.4 is 5.73 Å². The largest absolute Gasteiger partial charge is 0.384 e. The maximum absolute atomic E-state index is 10.9. The van der Waals surface area contributed by atoms with Gasteiger partial charge in [-0.2, -0.15) is 0 Å². The molecule has 0 unspecified atom stereocenters. The molecule has 0 amide bonds. The Bertz CT molecular complexity index is 563. The van der Waals surface area contributed by atoms with Gasteiger partial charge in [0.15, 0.2) is 0 Å². The van der Waals surface area contributed by atoms with E-state index in [0.29, 0.717) is 22.6 Å². The van der Waals surface area contributed by atoms with Crippen LogP contribution in [0.25, 0.3) is 11.1 Å². The number of aryl methyl sites for hydroxylation is 1. The first-order chi connectivity index (χ1) is 8.08. The summed E-state index contributed by atoms with van der Waals surface area (Å²) in [5, 5.41) is 10.9. The lowest BCUT2D eigenvalue weighted by Crippen LogP contribution is -1.96. The van der Waals surface area contributed by atoms with Crippen molar-refractivity contribution in [2.24, 2.45) is 0 Å². The van der Waals surface area contributed by atoms with Gasteiger partial charge in [0.2, 0.25) is 0 Å². The quantitative estimate of drug-likeness (QED) is 0.628. The summed E-state index contributed by atoms with van der Waals surface area (Å²) >= 11 is 0. The zero-order valence-corrected chi connectivity index (χ0v) is 9.12. The third-order valence-electron chi connectivity index (χ3n) is 2.28. The van der Waals surface area contributed by atoms with Gasteiger partial charge < -0.3 is 5.73 Å². The van der Waals surface area contributed by atoms with Crippen LogP contribution in [-0.4, -0.2) is 14.9 Å². The first-order valence-corrected chi connectivity index (χ1v) is 4.91. The molecule has 17 heavy (non-hydrogen) atoms. The second-order valence-corrected chi connectivity index (χ2v) is 3.57. The highest BCUT2D eigenvalue weighted by Gasteiger charge is 2.15. The van der Waals surface area contributed by atoms with E-state index in [9.17, 15) is 10.1 Å². The molecule has 0 saturated heterocycles. The van der Waals surface area contributed by atoms with Crippen LogP contribution in [0, 0.1) is 17.0 Å². The Morgan fingerprint density at radius 2 is 2.18 bits per heavy atom. The molecular weight excluding hydrogens is 220 g/mol. The minimum absolute atomic E-state index is 0.0440. The molecule has 0 fully saturated rings. The number of nitrogens with two attached hydrogens (primary N) is 1. The third kappa shape index (κ3) is 2.20. The molecule has 0 aliphatic heterocycles. The van der Waals surface area contributed by atoms with Gasteiger partial charge in [0.05, 0.1) is 10.5 Å². The number of rotatable bonds is 2. The van der Waals surface area contributed by atoms with E-state index >= 15 is 0 Å². The molecule has 0 bridgehead atoms. The van der Waals surface area contributed by atoms with Crippen molar-refractivity contribution in [1.82, 2.24) is 9.97 Å². The SMILES string of the molecule is Cc1cc(-c2ccncc2[N+](=O)[O-])cc(N)n1. The van der Waals surface area contributed by atoms with E-state index in [2.05, 4.69) is 9.97 Å². The molecule has 0 aliphatic carbocycles. The fourth-order valence-corrected chi connectivity index (χ4v) is 1.63. The number of hydrogen-bond donors (Lipinski definition) is 1. The monoisotopic (exact) mass is 230 g/mol. The number of nitro groups is 1. The van der Waals surface area contributed by atoms with Crippen LogP contribution in [0.5, 0.6) is 0 Å². The number of aromatic nitrogens is 2. The summed E-state index contributed by atoms with van der Waals surface area (Å²) in [6, 6.07) is 4.94. The van der Waals surface area contributed by atoms with Gasteiger partial charge in [0.1, 0.15) is 12.0 Å². The maximum Gasteiger partial charge on any atom is 0.295 e. The normalized spacial score (nSPS) is 10.2. The Labute approximate surface area is 97.3 Å². The van der Waals surface area contributed by atoms with Crippen LogP contribution in [0.15, 0.2) is 30.6 Å². The summed E-state index contributed by atoms with van der Waals surface area (Å²) in [6.45, 7) is 1.78.